The third-order valence-electron chi connectivity index (χ3n) is 3.39. The number of amides is 1. The molecule has 0 saturated heterocycles. The van der Waals surface area contributed by atoms with Gasteiger partial charge in [-0.25, -0.2) is 5.06 Å². The molecule has 0 atom stereocenters. The summed E-state index contributed by atoms with van der Waals surface area (Å²) < 4.78 is 0. The van der Waals surface area contributed by atoms with Crippen molar-refractivity contribution in [1.82, 2.24) is 5.06 Å². The zero-order valence-corrected chi connectivity index (χ0v) is 11.1. The van der Waals surface area contributed by atoms with Crippen LogP contribution in [0.1, 0.15) is 24.8 Å². The Morgan fingerprint density at radius 1 is 1.25 bits per heavy atom. The highest BCUT2D eigenvalue weighted by molar-refractivity contribution is 5.94. The van der Waals surface area contributed by atoms with Crippen LogP contribution < -0.4 is 0 Å². The molecule has 0 unspecified atom stereocenters. The lowest BCUT2D eigenvalue weighted by Gasteiger charge is -2.25. The molecule has 5 nitrogen and oxygen atoms in total. The molecule has 0 spiro atoms. The van der Waals surface area contributed by atoms with Crippen LogP contribution in [-0.2, 0) is 16.0 Å². The number of nitrogens with zero attached hydrogens (tertiary/aromatic N) is 1. The van der Waals surface area contributed by atoms with Crippen LogP contribution in [0.3, 0.4) is 0 Å². The van der Waals surface area contributed by atoms with Crippen molar-refractivity contribution in [3.63, 3.8) is 0 Å². The Hall–Kier alpha value is -2.14. The first kappa shape index (κ1) is 14.3. The molecular formula is C15H17NO4. The maximum atomic E-state index is 12.0. The quantitative estimate of drug-likeness (QED) is 0.806. The van der Waals surface area contributed by atoms with Gasteiger partial charge >= 0.3 is 5.97 Å². The van der Waals surface area contributed by atoms with Gasteiger partial charge in [0.05, 0.1) is 6.54 Å². The molecule has 0 aliphatic carbocycles. The van der Waals surface area contributed by atoms with E-state index in [-0.39, 0.29) is 19.4 Å². The van der Waals surface area contributed by atoms with Gasteiger partial charge in [-0.05, 0) is 24.8 Å². The zero-order chi connectivity index (χ0) is 14.5. The van der Waals surface area contributed by atoms with Crippen LogP contribution in [0.2, 0.25) is 0 Å². The van der Waals surface area contributed by atoms with Crippen LogP contribution in [-0.4, -0.2) is 33.8 Å². The molecule has 20 heavy (non-hydrogen) atoms. The molecule has 2 rings (SSSR count). The number of hydrogen-bond donors (Lipinski definition) is 2. The Labute approximate surface area is 117 Å². The molecular weight excluding hydrogens is 258 g/mol. The van der Waals surface area contributed by atoms with E-state index in [0.29, 0.717) is 23.5 Å². The smallest absolute Gasteiger partial charge is 0.303 e. The second-order valence-corrected chi connectivity index (χ2v) is 4.82. The first-order valence-electron chi connectivity index (χ1n) is 6.55. The fourth-order valence-corrected chi connectivity index (χ4v) is 2.35. The van der Waals surface area contributed by atoms with E-state index in [1.807, 2.05) is 30.3 Å². The van der Waals surface area contributed by atoms with Crippen molar-refractivity contribution in [3.8, 4) is 0 Å². The Morgan fingerprint density at radius 3 is 2.60 bits per heavy atom. The molecule has 1 heterocycles. The van der Waals surface area contributed by atoms with E-state index in [0.717, 1.165) is 11.1 Å². The van der Waals surface area contributed by atoms with E-state index in [4.69, 9.17) is 5.11 Å². The highest BCUT2D eigenvalue weighted by Crippen LogP contribution is 2.25. The summed E-state index contributed by atoms with van der Waals surface area (Å²) in [4.78, 5) is 22.6. The Kier molecular flexibility index (Phi) is 4.53. The van der Waals surface area contributed by atoms with Gasteiger partial charge in [0.1, 0.15) is 0 Å². The first-order valence-corrected chi connectivity index (χ1v) is 6.55. The molecule has 1 aromatic carbocycles. The normalized spacial score (nSPS) is 15.7. The van der Waals surface area contributed by atoms with Gasteiger partial charge in [-0.2, -0.15) is 0 Å². The third-order valence-corrected chi connectivity index (χ3v) is 3.39. The van der Waals surface area contributed by atoms with Gasteiger partial charge in [0.2, 0.25) is 0 Å². The van der Waals surface area contributed by atoms with E-state index in [1.54, 1.807) is 0 Å². The molecule has 1 amide bonds. The van der Waals surface area contributed by atoms with Crippen LogP contribution in [0.5, 0.6) is 0 Å². The summed E-state index contributed by atoms with van der Waals surface area (Å²) in [5.74, 6) is -1.41. The van der Waals surface area contributed by atoms with Gasteiger partial charge < -0.3 is 5.11 Å². The lowest BCUT2D eigenvalue weighted by molar-refractivity contribution is -0.162. The Bertz CT molecular complexity index is 536. The number of carboxylic acid groups (broad SMARTS) is 1. The van der Waals surface area contributed by atoms with Crippen molar-refractivity contribution in [3.05, 3.63) is 47.0 Å². The van der Waals surface area contributed by atoms with Crippen molar-refractivity contribution in [2.24, 2.45) is 0 Å². The molecule has 2 N–H and O–H groups in total. The van der Waals surface area contributed by atoms with Gasteiger partial charge in [0.15, 0.2) is 0 Å². The lowest BCUT2D eigenvalue weighted by Crippen LogP contribution is -2.35. The van der Waals surface area contributed by atoms with Crippen molar-refractivity contribution in [2.45, 2.75) is 25.7 Å². The fourth-order valence-electron chi connectivity index (χ4n) is 2.35. The topological polar surface area (TPSA) is 77.8 Å². The largest absolute Gasteiger partial charge is 0.481 e. The van der Waals surface area contributed by atoms with E-state index in [9.17, 15) is 14.8 Å². The monoisotopic (exact) mass is 275 g/mol. The third kappa shape index (κ3) is 3.45. The molecule has 0 aromatic heterocycles. The highest BCUT2D eigenvalue weighted by Gasteiger charge is 2.26. The number of benzene rings is 1. The molecule has 1 aliphatic rings. The van der Waals surface area contributed by atoms with Crippen LogP contribution >= 0.6 is 0 Å². The Balaban J connectivity index is 2.23. The van der Waals surface area contributed by atoms with Crippen molar-refractivity contribution in [1.29, 1.82) is 0 Å². The van der Waals surface area contributed by atoms with Crippen molar-refractivity contribution >= 4 is 11.9 Å². The van der Waals surface area contributed by atoms with Gasteiger partial charge in [-0.1, -0.05) is 35.9 Å². The average molecular weight is 275 g/mol. The maximum absolute atomic E-state index is 12.0. The predicted octanol–water partition coefficient (Wildman–Crippen LogP) is 2.01. The summed E-state index contributed by atoms with van der Waals surface area (Å²) in [5, 5.41) is 18.9. The second-order valence-electron chi connectivity index (χ2n) is 4.82. The summed E-state index contributed by atoms with van der Waals surface area (Å²) in [6.45, 7) is 0.261. The summed E-state index contributed by atoms with van der Waals surface area (Å²) in [7, 11) is 0. The first-order chi connectivity index (χ1) is 9.58. The molecule has 1 aliphatic heterocycles. The van der Waals surface area contributed by atoms with Crippen molar-refractivity contribution < 1.29 is 19.9 Å². The van der Waals surface area contributed by atoms with E-state index < -0.39 is 11.9 Å². The van der Waals surface area contributed by atoms with Crippen LogP contribution in [0.25, 0.3) is 0 Å². The lowest BCUT2D eigenvalue weighted by atomic mass is 9.91. The van der Waals surface area contributed by atoms with Crippen LogP contribution in [0.4, 0.5) is 0 Å². The maximum Gasteiger partial charge on any atom is 0.303 e. The van der Waals surface area contributed by atoms with Gasteiger partial charge in [0.25, 0.3) is 5.91 Å². The number of carbonyl (C=O) groups is 2. The number of carboxylic acids is 1. The number of hydroxylamine groups is 2. The van der Waals surface area contributed by atoms with E-state index in [1.165, 1.54) is 0 Å². The SMILES string of the molecule is O=C(O)CCC1=C(Cc2ccccc2)CCN(O)C1=O. The highest BCUT2D eigenvalue weighted by atomic mass is 16.5. The summed E-state index contributed by atoms with van der Waals surface area (Å²) in [5.41, 5.74) is 2.44. The Morgan fingerprint density at radius 2 is 1.95 bits per heavy atom. The zero-order valence-electron chi connectivity index (χ0n) is 11.1. The van der Waals surface area contributed by atoms with Crippen LogP contribution in [0, 0.1) is 0 Å². The minimum Gasteiger partial charge on any atom is -0.481 e. The molecule has 5 heteroatoms. The fraction of sp³-hybridized carbons (Fsp3) is 0.333. The molecule has 0 fully saturated rings. The predicted molar refractivity (Wildman–Crippen MR) is 72.2 cm³/mol. The van der Waals surface area contributed by atoms with Crippen molar-refractivity contribution in [2.75, 3.05) is 6.54 Å². The molecule has 106 valence electrons. The van der Waals surface area contributed by atoms with E-state index in [2.05, 4.69) is 0 Å². The number of carbonyl (C=O) groups excluding carboxylic acids is 1. The number of aliphatic carboxylic acids is 1. The second kappa shape index (κ2) is 6.34. The average Bonchev–Trinajstić information content (AvgIpc) is 2.43. The molecule has 0 bridgehead atoms. The minimum atomic E-state index is -0.945. The standard InChI is InChI=1S/C15H17NO4/c17-14(18)7-6-13-12(8-9-16(20)15(13)19)10-11-4-2-1-3-5-11/h1-5,20H,6-10H2,(H,17,18). The number of rotatable bonds is 5. The molecule has 1 aromatic rings. The minimum absolute atomic E-state index is 0.104. The summed E-state index contributed by atoms with van der Waals surface area (Å²) >= 11 is 0. The summed E-state index contributed by atoms with van der Waals surface area (Å²) in [6.07, 6.45) is 1.25. The van der Waals surface area contributed by atoms with Gasteiger partial charge in [-0.15, -0.1) is 0 Å². The van der Waals surface area contributed by atoms with Gasteiger partial charge in [-0.3, -0.25) is 14.8 Å². The number of hydrogen-bond acceptors (Lipinski definition) is 3. The van der Waals surface area contributed by atoms with Crippen LogP contribution in [0.15, 0.2) is 41.5 Å². The summed E-state index contributed by atoms with van der Waals surface area (Å²) in [6, 6.07) is 9.71. The molecule has 0 saturated carbocycles. The van der Waals surface area contributed by atoms with E-state index >= 15 is 0 Å². The van der Waals surface area contributed by atoms with Gasteiger partial charge in [0, 0.05) is 12.0 Å². The molecule has 0 radical (unpaired) electrons.